The highest BCUT2D eigenvalue weighted by molar-refractivity contribution is 6.15. The Morgan fingerprint density at radius 3 is 1.95 bits per heavy atom. The van der Waals surface area contributed by atoms with E-state index in [2.05, 4.69) is 197 Å². The van der Waals surface area contributed by atoms with Crippen molar-refractivity contribution in [2.75, 3.05) is 0 Å². The molecule has 0 saturated carbocycles. The number of hydrogen-bond acceptors (Lipinski definition) is 1. The number of allylic oxidation sites excluding steroid dienone is 8. The van der Waals surface area contributed by atoms with Gasteiger partial charge in [-0.05, 0) is 114 Å². The highest BCUT2D eigenvalue weighted by Crippen LogP contribution is 2.39. The number of nitrogens with zero attached hydrogens (tertiary/aromatic N) is 3. The number of fused-ring (bicyclic) bond motifs is 6. The van der Waals surface area contributed by atoms with E-state index in [1.807, 2.05) is 0 Å². The van der Waals surface area contributed by atoms with Crippen molar-refractivity contribution >= 4 is 54.9 Å². The van der Waals surface area contributed by atoms with Crippen molar-refractivity contribution in [2.45, 2.75) is 31.7 Å². The first kappa shape index (κ1) is 32.7. The highest BCUT2D eigenvalue weighted by Gasteiger charge is 2.26. The summed E-state index contributed by atoms with van der Waals surface area (Å²) in [7, 11) is 0. The molecular formula is C53H41N3. The Morgan fingerprint density at radius 2 is 1.18 bits per heavy atom. The van der Waals surface area contributed by atoms with Gasteiger partial charge < -0.3 is 9.13 Å². The molecule has 3 aliphatic rings. The first-order chi connectivity index (χ1) is 27.8. The summed E-state index contributed by atoms with van der Waals surface area (Å²) in [6, 6.07) is 51.7. The van der Waals surface area contributed by atoms with Crippen LogP contribution in [0.1, 0.15) is 31.2 Å². The van der Waals surface area contributed by atoms with Gasteiger partial charge >= 0.3 is 0 Å². The second kappa shape index (κ2) is 13.5. The Morgan fingerprint density at radius 1 is 0.518 bits per heavy atom. The van der Waals surface area contributed by atoms with E-state index >= 15 is 0 Å². The predicted octanol–water partition coefficient (Wildman–Crippen LogP) is 13.6. The predicted molar refractivity (Wildman–Crippen MR) is 237 cm³/mol. The van der Waals surface area contributed by atoms with E-state index < -0.39 is 0 Å². The largest absolute Gasteiger partial charge is 0.309 e. The lowest BCUT2D eigenvalue weighted by molar-refractivity contribution is 0.511. The smallest absolute Gasteiger partial charge is 0.0650 e. The van der Waals surface area contributed by atoms with Crippen molar-refractivity contribution in [3.8, 4) is 22.5 Å². The van der Waals surface area contributed by atoms with Crippen molar-refractivity contribution < 1.29 is 0 Å². The van der Waals surface area contributed by atoms with Crippen molar-refractivity contribution in [3.63, 3.8) is 0 Å². The fourth-order valence-electron chi connectivity index (χ4n) is 9.27. The standard InChI is InChI=1S/C53H41N3/c1-4-14-37(15-5-1)48-33-41(34-49(54-48)38-16-6-2-7-17-38)36-24-28-43(29-25-36)55-51-23-13-11-21-45(51)47-32-39(27-31-52(47)55)40-26-30-46-44-20-10-12-22-50(44)56(53(46)35-40)42-18-8-3-9-19-42/h1,3-6,8-14,16-32,34-35,37,48H,2,7,15,33H2. The summed E-state index contributed by atoms with van der Waals surface area (Å²) in [4.78, 5) is 5.33. The zero-order chi connectivity index (χ0) is 37.0. The van der Waals surface area contributed by atoms with Crippen LogP contribution >= 0.6 is 0 Å². The summed E-state index contributed by atoms with van der Waals surface area (Å²) < 4.78 is 4.82. The summed E-state index contributed by atoms with van der Waals surface area (Å²) >= 11 is 0. The normalized spacial score (nSPS) is 18.2. The van der Waals surface area contributed by atoms with E-state index in [9.17, 15) is 0 Å². The van der Waals surface area contributed by atoms with Gasteiger partial charge in [0.2, 0.25) is 0 Å². The minimum absolute atomic E-state index is 0.232. The molecule has 3 heterocycles. The van der Waals surface area contributed by atoms with Crippen LogP contribution in [0.15, 0.2) is 199 Å². The Balaban J connectivity index is 0.982. The summed E-state index contributed by atoms with van der Waals surface area (Å²) in [5.41, 5.74) is 14.6. The van der Waals surface area contributed by atoms with Gasteiger partial charge in [0.25, 0.3) is 0 Å². The molecule has 2 unspecified atom stereocenters. The van der Waals surface area contributed by atoms with Gasteiger partial charge in [0.15, 0.2) is 0 Å². The minimum Gasteiger partial charge on any atom is -0.309 e. The van der Waals surface area contributed by atoms with Crippen molar-refractivity contribution in [1.82, 2.24) is 9.13 Å². The van der Waals surface area contributed by atoms with Crippen LogP contribution < -0.4 is 0 Å². The fraction of sp³-hybridized carbons (Fsp3) is 0.113. The summed E-state index contributed by atoms with van der Waals surface area (Å²) in [5, 5.41) is 5.05. The third kappa shape index (κ3) is 5.54. The molecule has 0 saturated heterocycles. The third-order valence-corrected chi connectivity index (χ3v) is 12.0. The second-order valence-corrected chi connectivity index (χ2v) is 15.4. The van der Waals surface area contributed by atoms with Crippen LogP contribution in [0, 0.1) is 5.92 Å². The maximum Gasteiger partial charge on any atom is 0.0650 e. The number of aromatic nitrogens is 2. The number of dihydropyridines is 1. The van der Waals surface area contributed by atoms with Gasteiger partial charge in [-0.15, -0.1) is 0 Å². The van der Waals surface area contributed by atoms with E-state index in [0.29, 0.717) is 5.92 Å². The van der Waals surface area contributed by atoms with Crippen molar-refractivity contribution in [1.29, 1.82) is 0 Å². The van der Waals surface area contributed by atoms with E-state index in [1.165, 1.54) is 82.8 Å². The minimum atomic E-state index is 0.232. The highest BCUT2D eigenvalue weighted by atomic mass is 15.0. The second-order valence-electron chi connectivity index (χ2n) is 15.4. The molecule has 3 heteroatoms. The van der Waals surface area contributed by atoms with Crippen LogP contribution in [0.3, 0.4) is 0 Å². The topological polar surface area (TPSA) is 22.2 Å². The number of hydrogen-bond donors (Lipinski definition) is 0. The Hall–Kier alpha value is -6.71. The van der Waals surface area contributed by atoms with Gasteiger partial charge in [0.05, 0.1) is 33.8 Å². The van der Waals surface area contributed by atoms with Crippen LogP contribution in [0.4, 0.5) is 0 Å². The number of benzene rings is 6. The zero-order valence-electron chi connectivity index (χ0n) is 31.2. The van der Waals surface area contributed by atoms with Gasteiger partial charge in [-0.25, -0.2) is 0 Å². The lowest BCUT2D eigenvalue weighted by atomic mass is 9.83. The molecule has 2 atom stereocenters. The van der Waals surface area contributed by atoms with Gasteiger partial charge in [-0.2, -0.15) is 0 Å². The fourth-order valence-corrected chi connectivity index (χ4v) is 9.27. The molecule has 0 amide bonds. The SMILES string of the molecule is C1=CCC(C2CC(c3ccc(-n4c5ccccc5c5cc(-c6ccc7c8ccccc8n(-c8ccccc8)c7c6)ccc54)cc3)=CC(C3=CCCC=C3)=N2)C=C1. The van der Waals surface area contributed by atoms with E-state index in [1.54, 1.807) is 0 Å². The average Bonchev–Trinajstić information content (AvgIpc) is 3.79. The molecule has 6 aromatic carbocycles. The van der Waals surface area contributed by atoms with Crippen LogP contribution in [0.5, 0.6) is 0 Å². The number of para-hydroxylation sites is 3. The number of rotatable bonds is 6. The number of aliphatic imine (C=N–C) groups is 1. The van der Waals surface area contributed by atoms with E-state index in [0.717, 1.165) is 31.4 Å². The molecule has 2 aromatic heterocycles. The van der Waals surface area contributed by atoms with Crippen LogP contribution in [0.2, 0.25) is 0 Å². The molecule has 0 spiro atoms. The molecule has 3 nitrogen and oxygen atoms in total. The third-order valence-electron chi connectivity index (χ3n) is 12.0. The average molecular weight is 720 g/mol. The molecular weight excluding hydrogens is 679 g/mol. The first-order valence-electron chi connectivity index (χ1n) is 20.0. The van der Waals surface area contributed by atoms with Gasteiger partial charge in [0, 0.05) is 38.8 Å². The molecule has 0 N–H and O–H groups in total. The summed E-state index contributed by atoms with van der Waals surface area (Å²) in [6.07, 6.45) is 22.4. The molecule has 2 aliphatic carbocycles. The molecule has 1 aliphatic heterocycles. The van der Waals surface area contributed by atoms with Crippen LogP contribution in [0.25, 0.3) is 71.7 Å². The lowest BCUT2D eigenvalue weighted by Gasteiger charge is -2.28. The Bertz CT molecular complexity index is 3010. The molecule has 0 bridgehead atoms. The van der Waals surface area contributed by atoms with Gasteiger partial charge in [-0.1, -0.05) is 127 Å². The van der Waals surface area contributed by atoms with Crippen LogP contribution in [-0.4, -0.2) is 20.9 Å². The Labute approximate surface area is 327 Å². The van der Waals surface area contributed by atoms with Gasteiger partial charge in [-0.3, -0.25) is 4.99 Å². The summed E-state index contributed by atoms with van der Waals surface area (Å²) in [6.45, 7) is 0. The summed E-state index contributed by atoms with van der Waals surface area (Å²) in [5.74, 6) is 0.421. The molecule has 268 valence electrons. The maximum absolute atomic E-state index is 5.33. The van der Waals surface area contributed by atoms with Crippen LogP contribution in [-0.2, 0) is 0 Å². The van der Waals surface area contributed by atoms with Gasteiger partial charge in [0.1, 0.15) is 0 Å². The van der Waals surface area contributed by atoms with E-state index in [4.69, 9.17) is 4.99 Å². The molecule has 0 fully saturated rings. The molecule has 0 radical (unpaired) electrons. The zero-order valence-corrected chi connectivity index (χ0v) is 31.2. The first-order valence-corrected chi connectivity index (χ1v) is 20.0. The molecule has 56 heavy (non-hydrogen) atoms. The molecule has 11 rings (SSSR count). The van der Waals surface area contributed by atoms with E-state index in [-0.39, 0.29) is 6.04 Å². The van der Waals surface area contributed by atoms with Crippen molar-refractivity contribution in [3.05, 3.63) is 199 Å². The lowest BCUT2D eigenvalue weighted by Crippen LogP contribution is -2.23. The monoisotopic (exact) mass is 719 g/mol. The van der Waals surface area contributed by atoms with Crippen molar-refractivity contribution in [2.24, 2.45) is 10.9 Å². The quantitative estimate of drug-likeness (QED) is 0.163. The maximum atomic E-state index is 5.33. The molecule has 8 aromatic rings. The Kier molecular flexibility index (Phi) is 7.91.